The van der Waals surface area contributed by atoms with Crippen LogP contribution in [0, 0.1) is 5.92 Å². The number of carbonyl (C=O) groups is 6. The average Bonchev–Trinajstić information content (AvgIpc) is 2.80. The Balaban J connectivity index is 5.53. The molecule has 0 aromatic heterocycles. The Kier molecular flexibility index (Phi) is 15.7. The third-order valence-electron chi connectivity index (χ3n) is 5.19. The lowest BCUT2D eigenvalue weighted by Gasteiger charge is -2.26. The van der Waals surface area contributed by atoms with E-state index in [9.17, 15) is 33.9 Å². The number of nitrogens with zero attached hydrogens (tertiary/aromatic N) is 1. The molecule has 0 fully saturated rings. The van der Waals surface area contributed by atoms with E-state index < -0.39 is 72.6 Å². The molecule has 0 rings (SSSR count). The summed E-state index contributed by atoms with van der Waals surface area (Å²) in [6.45, 7) is 3.68. The van der Waals surface area contributed by atoms with Crippen LogP contribution in [0.5, 0.6) is 0 Å². The molecule has 0 aliphatic heterocycles. The van der Waals surface area contributed by atoms with E-state index in [2.05, 4.69) is 20.9 Å². The normalized spacial score (nSPS) is 13.9. The Morgan fingerprint density at radius 3 is 1.74 bits per heavy atom. The number of nitrogens with one attached hydrogen (secondary N) is 3. The standard InChI is InChI=1S/C22H39N7O9/c1-11(2)10-15(20(36)28-14(21(37)38)4-3-9-26-22(24)25)29-19(35)13(6-8-17(32)33)27-18(34)12(23)5-7-16(30)31/h11-15H,3-10,23H2,1-2H3,(H,27,34)(H,28,36)(H,29,35)(H,30,31)(H,32,33)(H,37,38)(H4,24,25,26). The topological polar surface area (TPSA) is 290 Å². The molecule has 216 valence electrons. The maximum absolute atomic E-state index is 13.0. The van der Waals surface area contributed by atoms with Gasteiger partial charge >= 0.3 is 17.9 Å². The number of aliphatic carboxylic acids is 3. The zero-order valence-electron chi connectivity index (χ0n) is 21.5. The van der Waals surface area contributed by atoms with Crippen molar-refractivity contribution in [1.29, 1.82) is 0 Å². The van der Waals surface area contributed by atoms with E-state index in [1.807, 2.05) is 0 Å². The molecule has 16 nitrogen and oxygen atoms in total. The molecule has 0 saturated carbocycles. The van der Waals surface area contributed by atoms with Gasteiger partial charge in [0.05, 0.1) is 6.04 Å². The molecule has 4 atom stereocenters. The molecular weight excluding hydrogens is 506 g/mol. The zero-order valence-corrected chi connectivity index (χ0v) is 21.5. The molecule has 0 saturated heterocycles. The second-order valence-corrected chi connectivity index (χ2v) is 9.07. The predicted molar refractivity (Wildman–Crippen MR) is 135 cm³/mol. The molecule has 12 N–H and O–H groups in total. The van der Waals surface area contributed by atoms with Crippen LogP contribution in [-0.2, 0) is 28.8 Å². The molecule has 0 spiro atoms. The van der Waals surface area contributed by atoms with E-state index in [1.54, 1.807) is 13.8 Å². The van der Waals surface area contributed by atoms with Crippen LogP contribution in [0.1, 0.15) is 58.8 Å². The summed E-state index contributed by atoms with van der Waals surface area (Å²) in [5.74, 6) is -6.54. The number of guanidine groups is 1. The number of hydrogen-bond acceptors (Lipinski definition) is 8. The maximum Gasteiger partial charge on any atom is 0.326 e. The minimum absolute atomic E-state index is 0.00568. The molecule has 0 heterocycles. The Bertz CT molecular complexity index is 875. The van der Waals surface area contributed by atoms with E-state index in [0.717, 1.165) is 0 Å². The van der Waals surface area contributed by atoms with E-state index in [1.165, 1.54) is 0 Å². The highest BCUT2D eigenvalue weighted by atomic mass is 16.4. The van der Waals surface area contributed by atoms with Crippen LogP contribution in [0.3, 0.4) is 0 Å². The zero-order chi connectivity index (χ0) is 29.4. The number of amides is 3. The summed E-state index contributed by atoms with van der Waals surface area (Å²) in [4.78, 5) is 75.4. The minimum Gasteiger partial charge on any atom is -0.481 e. The van der Waals surface area contributed by atoms with Crippen LogP contribution in [0.4, 0.5) is 0 Å². The van der Waals surface area contributed by atoms with Crippen molar-refractivity contribution in [2.75, 3.05) is 6.54 Å². The molecule has 3 amide bonds. The first-order valence-electron chi connectivity index (χ1n) is 12.0. The highest BCUT2D eigenvalue weighted by Crippen LogP contribution is 2.09. The van der Waals surface area contributed by atoms with Gasteiger partial charge in [-0.15, -0.1) is 0 Å². The van der Waals surface area contributed by atoms with E-state index in [-0.39, 0.29) is 50.5 Å². The summed E-state index contributed by atoms with van der Waals surface area (Å²) < 4.78 is 0. The maximum atomic E-state index is 13.0. The van der Waals surface area contributed by atoms with Gasteiger partial charge in [0.25, 0.3) is 0 Å². The third-order valence-corrected chi connectivity index (χ3v) is 5.19. The molecule has 4 unspecified atom stereocenters. The van der Waals surface area contributed by atoms with Gasteiger partial charge in [-0.2, -0.15) is 0 Å². The second kappa shape index (κ2) is 17.5. The van der Waals surface area contributed by atoms with Gasteiger partial charge in [-0.25, -0.2) is 4.79 Å². The van der Waals surface area contributed by atoms with Crippen LogP contribution in [0.25, 0.3) is 0 Å². The second-order valence-electron chi connectivity index (χ2n) is 9.07. The van der Waals surface area contributed by atoms with Crippen molar-refractivity contribution in [2.45, 2.75) is 83.0 Å². The Morgan fingerprint density at radius 2 is 1.24 bits per heavy atom. The van der Waals surface area contributed by atoms with Crippen molar-refractivity contribution in [3.05, 3.63) is 0 Å². The van der Waals surface area contributed by atoms with Crippen LogP contribution < -0.4 is 33.2 Å². The van der Waals surface area contributed by atoms with Gasteiger partial charge in [-0.05, 0) is 38.0 Å². The van der Waals surface area contributed by atoms with Crippen molar-refractivity contribution in [3.8, 4) is 0 Å². The fourth-order valence-corrected chi connectivity index (χ4v) is 3.23. The van der Waals surface area contributed by atoms with Crippen molar-refractivity contribution in [2.24, 2.45) is 28.1 Å². The van der Waals surface area contributed by atoms with Crippen LogP contribution in [0.15, 0.2) is 4.99 Å². The van der Waals surface area contributed by atoms with Gasteiger partial charge < -0.3 is 48.5 Å². The van der Waals surface area contributed by atoms with Gasteiger partial charge in [0, 0.05) is 19.4 Å². The number of hydrogen-bond donors (Lipinski definition) is 9. The van der Waals surface area contributed by atoms with E-state index >= 15 is 0 Å². The molecule has 0 aromatic rings. The number of aliphatic imine (C=N–C) groups is 1. The van der Waals surface area contributed by atoms with Gasteiger partial charge in [-0.1, -0.05) is 13.8 Å². The summed E-state index contributed by atoms with van der Waals surface area (Å²) in [5.41, 5.74) is 16.1. The van der Waals surface area contributed by atoms with E-state index in [4.69, 9.17) is 27.4 Å². The fraction of sp³-hybridized carbons (Fsp3) is 0.682. The lowest BCUT2D eigenvalue weighted by Crippen LogP contribution is -2.57. The quantitative estimate of drug-likeness (QED) is 0.0469. The molecular formula is C22H39N7O9. The average molecular weight is 546 g/mol. The van der Waals surface area contributed by atoms with Crippen molar-refractivity contribution >= 4 is 41.6 Å². The first-order chi connectivity index (χ1) is 17.6. The van der Waals surface area contributed by atoms with Crippen LogP contribution in [-0.4, -0.2) is 87.6 Å². The number of carboxylic acid groups (broad SMARTS) is 3. The summed E-state index contributed by atoms with van der Waals surface area (Å²) in [7, 11) is 0. The molecule has 0 bridgehead atoms. The number of rotatable bonds is 19. The Hall–Kier alpha value is -3.95. The summed E-state index contributed by atoms with van der Waals surface area (Å²) >= 11 is 0. The van der Waals surface area contributed by atoms with Gasteiger partial charge in [0.2, 0.25) is 17.7 Å². The Labute approximate surface area is 219 Å². The highest BCUT2D eigenvalue weighted by molar-refractivity contribution is 5.94. The molecule has 0 radical (unpaired) electrons. The summed E-state index contributed by atoms with van der Waals surface area (Å²) in [6.07, 6.45) is -1.08. The highest BCUT2D eigenvalue weighted by Gasteiger charge is 2.31. The minimum atomic E-state index is -1.40. The van der Waals surface area contributed by atoms with Crippen molar-refractivity contribution in [1.82, 2.24) is 16.0 Å². The molecule has 0 aliphatic rings. The lowest BCUT2D eigenvalue weighted by atomic mass is 10.0. The first-order valence-corrected chi connectivity index (χ1v) is 12.0. The summed E-state index contributed by atoms with van der Waals surface area (Å²) in [6, 6.07) is -5.16. The van der Waals surface area contributed by atoms with Gasteiger partial charge in [0.15, 0.2) is 5.96 Å². The van der Waals surface area contributed by atoms with E-state index in [0.29, 0.717) is 0 Å². The Morgan fingerprint density at radius 1 is 0.737 bits per heavy atom. The van der Waals surface area contributed by atoms with Crippen LogP contribution in [0.2, 0.25) is 0 Å². The van der Waals surface area contributed by atoms with Crippen molar-refractivity contribution in [3.63, 3.8) is 0 Å². The predicted octanol–water partition coefficient (Wildman–Crippen LogP) is -2.32. The number of carbonyl (C=O) groups excluding carboxylic acids is 3. The van der Waals surface area contributed by atoms with Crippen LogP contribution >= 0.6 is 0 Å². The monoisotopic (exact) mass is 545 g/mol. The molecule has 0 aromatic carbocycles. The third kappa shape index (κ3) is 15.2. The smallest absolute Gasteiger partial charge is 0.326 e. The van der Waals surface area contributed by atoms with Crippen molar-refractivity contribution < 1.29 is 44.1 Å². The fourth-order valence-electron chi connectivity index (χ4n) is 3.23. The first kappa shape index (κ1) is 34.0. The van der Waals surface area contributed by atoms with Gasteiger partial charge in [0.1, 0.15) is 18.1 Å². The molecule has 38 heavy (non-hydrogen) atoms. The molecule has 16 heteroatoms. The SMILES string of the molecule is CC(C)CC(NC(=O)C(CCC(=O)O)NC(=O)C(N)CCC(=O)O)C(=O)NC(CCCN=C(N)N)C(=O)O. The van der Waals surface area contributed by atoms with Gasteiger partial charge in [-0.3, -0.25) is 29.0 Å². The lowest BCUT2D eigenvalue weighted by molar-refractivity contribution is -0.142. The summed E-state index contributed by atoms with van der Waals surface area (Å²) in [5, 5.41) is 34.4. The molecule has 0 aliphatic carbocycles. The number of nitrogens with two attached hydrogens (primary N) is 3. The number of carboxylic acids is 3. The largest absolute Gasteiger partial charge is 0.481 e.